The minimum absolute atomic E-state index is 0.181. The molecule has 0 spiro atoms. The van der Waals surface area contributed by atoms with Crippen molar-refractivity contribution >= 4 is 23.3 Å². The van der Waals surface area contributed by atoms with E-state index in [0.29, 0.717) is 19.6 Å². The molecule has 21 heavy (non-hydrogen) atoms. The summed E-state index contributed by atoms with van der Waals surface area (Å²) in [6, 6.07) is -0.181. The number of hydrogen-bond acceptors (Lipinski definition) is 5. The molecule has 1 aromatic heterocycles. The van der Waals surface area contributed by atoms with E-state index in [1.54, 1.807) is 23.2 Å². The summed E-state index contributed by atoms with van der Waals surface area (Å²) < 4.78 is 5.26. The SMILES string of the molecule is CCc1cnc(CNC(=O)N2CC(C)(OCC(=O)O)C2)s1. The van der Waals surface area contributed by atoms with Crippen LogP contribution in [0, 0.1) is 0 Å². The Kier molecular flexibility index (Phi) is 4.79. The van der Waals surface area contributed by atoms with Gasteiger partial charge in [-0.2, -0.15) is 0 Å². The Labute approximate surface area is 126 Å². The second kappa shape index (κ2) is 6.40. The van der Waals surface area contributed by atoms with Crippen LogP contribution in [0.5, 0.6) is 0 Å². The Morgan fingerprint density at radius 3 is 2.86 bits per heavy atom. The second-order valence-corrected chi connectivity index (χ2v) is 6.42. The fourth-order valence-electron chi connectivity index (χ4n) is 2.09. The van der Waals surface area contributed by atoms with Crippen LogP contribution in [0.25, 0.3) is 0 Å². The number of carbonyl (C=O) groups is 2. The number of nitrogens with zero attached hydrogens (tertiary/aromatic N) is 2. The van der Waals surface area contributed by atoms with Crippen molar-refractivity contribution in [2.24, 2.45) is 0 Å². The normalized spacial score (nSPS) is 16.4. The molecule has 1 saturated heterocycles. The van der Waals surface area contributed by atoms with Gasteiger partial charge in [0.15, 0.2) is 0 Å². The third-order valence-electron chi connectivity index (χ3n) is 3.22. The van der Waals surface area contributed by atoms with Gasteiger partial charge in [0.05, 0.1) is 19.6 Å². The summed E-state index contributed by atoms with van der Waals surface area (Å²) in [4.78, 5) is 29.4. The lowest BCUT2D eigenvalue weighted by Gasteiger charge is -2.46. The van der Waals surface area contributed by atoms with Gasteiger partial charge in [0.1, 0.15) is 17.2 Å². The van der Waals surface area contributed by atoms with E-state index in [1.807, 2.05) is 6.20 Å². The molecule has 1 aliphatic heterocycles. The largest absolute Gasteiger partial charge is 0.480 e. The number of rotatable bonds is 6. The van der Waals surface area contributed by atoms with E-state index >= 15 is 0 Å². The van der Waals surface area contributed by atoms with Gasteiger partial charge in [-0.3, -0.25) is 0 Å². The summed E-state index contributed by atoms with van der Waals surface area (Å²) in [5.74, 6) is -1.00. The first kappa shape index (κ1) is 15.7. The van der Waals surface area contributed by atoms with E-state index in [1.165, 1.54) is 4.88 Å². The second-order valence-electron chi connectivity index (χ2n) is 5.22. The molecule has 0 aliphatic carbocycles. The van der Waals surface area contributed by atoms with Crippen LogP contribution >= 0.6 is 11.3 Å². The molecule has 2 N–H and O–H groups in total. The fourth-order valence-corrected chi connectivity index (χ4v) is 2.89. The number of aryl methyl sites for hydroxylation is 1. The third kappa shape index (κ3) is 4.15. The third-order valence-corrected chi connectivity index (χ3v) is 4.36. The number of likely N-dealkylation sites (tertiary alicyclic amines) is 1. The summed E-state index contributed by atoms with van der Waals surface area (Å²) in [5.41, 5.74) is -0.563. The number of carboxylic acids is 1. The maximum absolute atomic E-state index is 11.9. The van der Waals surface area contributed by atoms with Crippen LogP contribution < -0.4 is 5.32 Å². The summed E-state index contributed by atoms with van der Waals surface area (Å²) in [6.07, 6.45) is 2.77. The lowest BCUT2D eigenvalue weighted by molar-refractivity contribution is -0.159. The topological polar surface area (TPSA) is 91.8 Å². The first-order valence-corrected chi connectivity index (χ1v) is 7.55. The Hall–Kier alpha value is -1.67. The number of aromatic nitrogens is 1. The molecule has 1 aliphatic rings. The molecule has 0 radical (unpaired) electrons. The molecule has 0 aromatic carbocycles. The van der Waals surface area contributed by atoms with E-state index in [-0.39, 0.29) is 12.6 Å². The zero-order valence-electron chi connectivity index (χ0n) is 12.1. The van der Waals surface area contributed by atoms with Crippen LogP contribution in [0.15, 0.2) is 6.20 Å². The molecule has 1 aromatic rings. The Balaban J connectivity index is 1.72. The Morgan fingerprint density at radius 2 is 2.29 bits per heavy atom. The van der Waals surface area contributed by atoms with Crippen molar-refractivity contribution in [1.29, 1.82) is 0 Å². The van der Waals surface area contributed by atoms with Crippen LogP contribution in [-0.4, -0.2) is 52.3 Å². The number of hydrogen-bond donors (Lipinski definition) is 2. The highest BCUT2D eigenvalue weighted by Crippen LogP contribution is 2.24. The highest BCUT2D eigenvalue weighted by Gasteiger charge is 2.42. The molecule has 0 saturated carbocycles. The number of carbonyl (C=O) groups excluding carboxylic acids is 1. The molecular weight excluding hydrogens is 294 g/mol. The van der Waals surface area contributed by atoms with Crippen molar-refractivity contribution in [3.8, 4) is 0 Å². The molecule has 2 amide bonds. The minimum atomic E-state index is -1.00. The lowest BCUT2D eigenvalue weighted by atomic mass is 9.97. The van der Waals surface area contributed by atoms with Gasteiger partial charge in [-0.15, -0.1) is 11.3 Å². The summed E-state index contributed by atoms with van der Waals surface area (Å²) >= 11 is 1.59. The number of urea groups is 1. The van der Waals surface area contributed by atoms with Crippen LogP contribution in [0.2, 0.25) is 0 Å². The maximum Gasteiger partial charge on any atom is 0.329 e. The van der Waals surface area contributed by atoms with Crippen molar-refractivity contribution in [3.05, 3.63) is 16.1 Å². The van der Waals surface area contributed by atoms with Crippen LogP contribution in [0.4, 0.5) is 4.79 Å². The van der Waals surface area contributed by atoms with E-state index in [9.17, 15) is 9.59 Å². The lowest BCUT2D eigenvalue weighted by Crippen LogP contribution is -2.65. The number of aliphatic carboxylic acids is 1. The number of carboxylic acid groups (broad SMARTS) is 1. The van der Waals surface area contributed by atoms with Crippen molar-refractivity contribution in [2.45, 2.75) is 32.4 Å². The molecule has 1 fully saturated rings. The molecule has 0 bridgehead atoms. The van der Waals surface area contributed by atoms with Crippen LogP contribution in [0.3, 0.4) is 0 Å². The Morgan fingerprint density at radius 1 is 1.57 bits per heavy atom. The molecule has 7 nitrogen and oxygen atoms in total. The van der Waals surface area contributed by atoms with Gasteiger partial charge in [-0.25, -0.2) is 14.6 Å². The highest BCUT2D eigenvalue weighted by atomic mass is 32.1. The number of nitrogens with one attached hydrogen (secondary N) is 1. The van der Waals surface area contributed by atoms with Gasteiger partial charge in [-0.1, -0.05) is 6.92 Å². The van der Waals surface area contributed by atoms with E-state index in [2.05, 4.69) is 17.2 Å². The molecule has 116 valence electrons. The first-order valence-electron chi connectivity index (χ1n) is 6.74. The van der Waals surface area contributed by atoms with Crippen molar-refractivity contribution in [3.63, 3.8) is 0 Å². The number of ether oxygens (including phenoxy) is 1. The van der Waals surface area contributed by atoms with Gasteiger partial charge in [0.25, 0.3) is 0 Å². The van der Waals surface area contributed by atoms with Crippen molar-refractivity contribution in [2.75, 3.05) is 19.7 Å². The molecule has 8 heteroatoms. The van der Waals surface area contributed by atoms with Gasteiger partial charge < -0.3 is 20.1 Å². The first-order chi connectivity index (χ1) is 9.92. The molecule has 2 rings (SSSR count). The molecule has 0 atom stereocenters. The minimum Gasteiger partial charge on any atom is -0.480 e. The zero-order chi connectivity index (χ0) is 15.5. The van der Waals surface area contributed by atoms with E-state index < -0.39 is 11.6 Å². The molecular formula is C13H19N3O4S. The number of thiazole rings is 1. The van der Waals surface area contributed by atoms with Gasteiger partial charge >= 0.3 is 12.0 Å². The predicted octanol–water partition coefficient (Wildman–Crippen LogP) is 1.09. The van der Waals surface area contributed by atoms with E-state index in [0.717, 1.165) is 11.4 Å². The van der Waals surface area contributed by atoms with Gasteiger partial charge in [-0.05, 0) is 13.3 Å². The van der Waals surface area contributed by atoms with Gasteiger partial charge in [0.2, 0.25) is 0 Å². The predicted molar refractivity (Wildman–Crippen MR) is 77.3 cm³/mol. The quantitative estimate of drug-likeness (QED) is 0.820. The average Bonchev–Trinajstić information content (AvgIpc) is 2.87. The average molecular weight is 313 g/mol. The standard InChI is InChI=1S/C13H19N3O4S/c1-3-9-4-14-10(21-9)5-15-12(19)16-7-13(2,8-16)20-6-11(17)18/h4H,3,5-8H2,1-2H3,(H,15,19)(H,17,18). The van der Waals surface area contributed by atoms with Crippen molar-refractivity contribution in [1.82, 2.24) is 15.2 Å². The number of amides is 2. The smallest absolute Gasteiger partial charge is 0.329 e. The van der Waals surface area contributed by atoms with Gasteiger partial charge in [0, 0.05) is 11.1 Å². The zero-order valence-corrected chi connectivity index (χ0v) is 12.9. The molecule has 0 unspecified atom stereocenters. The summed E-state index contributed by atoms with van der Waals surface area (Å²) in [6.45, 7) is 4.72. The monoisotopic (exact) mass is 313 g/mol. The fraction of sp³-hybridized carbons (Fsp3) is 0.615. The van der Waals surface area contributed by atoms with Crippen LogP contribution in [0.1, 0.15) is 23.7 Å². The summed E-state index contributed by atoms with van der Waals surface area (Å²) in [7, 11) is 0. The highest BCUT2D eigenvalue weighted by molar-refractivity contribution is 7.11. The Bertz CT molecular complexity index is 525. The summed E-state index contributed by atoms with van der Waals surface area (Å²) in [5, 5.41) is 12.3. The van der Waals surface area contributed by atoms with Crippen molar-refractivity contribution < 1.29 is 19.4 Å². The maximum atomic E-state index is 11.9. The van der Waals surface area contributed by atoms with E-state index in [4.69, 9.17) is 9.84 Å². The van der Waals surface area contributed by atoms with Crippen LogP contribution in [-0.2, 0) is 22.5 Å². The molecule has 2 heterocycles.